The number of aromatic nitrogens is 1. The molecule has 0 radical (unpaired) electrons. The van der Waals surface area contributed by atoms with Gasteiger partial charge in [-0.3, -0.25) is 9.59 Å². The van der Waals surface area contributed by atoms with Crippen LogP contribution in [0.1, 0.15) is 33.8 Å². The zero-order valence-corrected chi connectivity index (χ0v) is 15.3. The lowest BCUT2D eigenvalue weighted by atomic mass is 10.1. The van der Waals surface area contributed by atoms with Crippen molar-refractivity contribution in [3.63, 3.8) is 0 Å². The second kappa shape index (κ2) is 6.29. The fourth-order valence-corrected chi connectivity index (χ4v) is 4.21. The van der Waals surface area contributed by atoms with Crippen LogP contribution in [0.3, 0.4) is 0 Å². The molecule has 124 valence electrons. The molecule has 0 spiro atoms. The van der Waals surface area contributed by atoms with E-state index in [4.69, 9.17) is 0 Å². The van der Waals surface area contributed by atoms with Gasteiger partial charge in [-0.15, -0.1) is 0 Å². The molecule has 1 aliphatic heterocycles. The van der Waals surface area contributed by atoms with Crippen molar-refractivity contribution in [2.75, 3.05) is 11.9 Å². The van der Waals surface area contributed by atoms with E-state index in [-0.39, 0.29) is 17.7 Å². The highest BCUT2D eigenvalue weighted by molar-refractivity contribution is 9.10. The van der Waals surface area contributed by atoms with E-state index < -0.39 is 0 Å². The maximum atomic E-state index is 12.7. The van der Waals surface area contributed by atoms with E-state index in [1.165, 1.54) is 11.3 Å². The van der Waals surface area contributed by atoms with Gasteiger partial charge < -0.3 is 10.2 Å². The van der Waals surface area contributed by atoms with Gasteiger partial charge >= 0.3 is 0 Å². The maximum Gasteiger partial charge on any atom is 0.254 e. The minimum Gasteiger partial charge on any atom is -0.333 e. The van der Waals surface area contributed by atoms with Gasteiger partial charge in [-0.05, 0) is 31.0 Å². The van der Waals surface area contributed by atoms with Gasteiger partial charge in [0.25, 0.3) is 5.91 Å². The van der Waals surface area contributed by atoms with Crippen molar-refractivity contribution in [3.05, 3.63) is 44.9 Å². The summed E-state index contributed by atoms with van der Waals surface area (Å²) in [5.41, 5.74) is 1.68. The van der Waals surface area contributed by atoms with E-state index in [0.717, 1.165) is 34.3 Å². The van der Waals surface area contributed by atoms with Crippen LogP contribution in [0.4, 0.5) is 5.13 Å². The minimum absolute atomic E-state index is 0.0268. The normalized spacial score (nSPS) is 16.6. The van der Waals surface area contributed by atoms with Crippen molar-refractivity contribution in [1.82, 2.24) is 9.88 Å². The van der Waals surface area contributed by atoms with Crippen molar-refractivity contribution >= 4 is 44.2 Å². The number of fused-ring (bicyclic) bond motifs is 1. The van der Waals surface area contributed by atoms with Crippen LogP contribution in [0.15, 0.2) is 28.7 Å². The number of nitrogens with one attached hydrogen (secondary N) is 1. The SMILES string of the molecule is O=C(Nc1nc2c(s1)CN(C(=O)c1cccc(Br)c1)CC2)C1CC1. The van der Waals surface area contributed by atoms with Gasteiger partial charge in [-0.25, -0.2) is 4.98 Å². The molecule has 7 heteroatoms. The maximum absolute atomic E-state index is 12.7. The van der Waals surface area contributed by atoms with Crippen molar-refractivity contribution < 1.29 is 9.59 Å². The molecule has 1 aliphatic carbocycles. The lowest BCUT2D eigenvalue weighted by molar-refractivity contribution is -0.117. The number of rotatable bonds is 3. The molecule has 5 nitrogen and oxygen atoms in total. The summed E-state index contributed by atoms with van der Waals surface area (Å²) in [6.45, 7) is 1.20. The van der Waals surface area contributed by atoms with Crippen molar-refractivity contribution in [2.24, 2.45) is 5.92 Å². The molecule has 24 heavy (non-hydrogen) atoms. The molecule has 0 saturated heterocycles. The number of benzene rings is 1. The summed E-state index contributed by atoms with van der Waals surface area (Å²) < 4.78 is 0.897. The molecule has 1 aromatic heterocycles. The Morgan fingerprint density at radius 3 is 2.92 bits per heavy atom. The zero-order chi connectivity index (χ0) is 16.7. The van der Waals surface area contributed by atoms with Gasteiger partial charge in [0.1, 0.15) is 0 Å². The Bertz CT molecular complexity index is 816. The summed E-state index contributed by atoms with van der Waals surface area (Å²) in [5, 5.41) is 3.56. The second-order valence-corrected chi connectivity index (χ2v) is 8.14. The van der Waals surface area contributed by atoms with E-state index in [1.807, 2.05) is 29.2 Å². The molecule has 4 rings (SSSR count). The Morgan fingerprint density at radius 2 is 2.17 bits per heavy atom. The topological polar surface area (TPSA) is 62.3 Å². The van der Waals surface area contributed by atoms with Crippen LogP contribution >= 0.6 is 27.3 Å². The largest absolute Gasteiger partial charge is 0.333 e. The van der Waals surface area contributed by atoms with Gasteiger partial charge in [0.15, 0.2) is 5.13 Å². The van der Waals surface area contributed by atoms with Crippen LogP contribution in [0.5, 0.6) is 0 Å². The quantitative estimate of drug-likeness (QED) is 0.850. The molecule has 0 unspecified atom stereocenters. The average Bonchev–Trinajstić information content (AvgIpc) is 3.34. The van der Waals surface area contributed by atoms with E-state index in [1.54, 1.807) is 0 Å². The summed E-state index contributed by atoms with van der Waals surface area (Å²) in [4.78, 5) is 32.0. The summed E-state index contributed by atoms with van der Waals surface area (Å²) >= 11 is 4.89. The lowest BCUT2D eigenvalue weighted by Crippen LogP contribution is -2.35. The third kappa shape index (κ3) is 3.23. The smallest absolute Gasteiger partial charge is 0.254 e. The summed E-state index contributed by atoms with van der Waals surface area (Å²) in [5.74, 6) is 0.266. The van der Waals surface area contributed by atoms with Crippen LogP contribution < -0.4 is 5.32 Å². The second-order valence-electron chi connectivity index (χ2n) is 6.14. The van der Waals surface area contributed by atoms with Crippen LogP contribution in [0, 0.1) is 5.92 Å². The Morgan fingerprint density at radius 1 is 1.33 bits per heavy atom. The third-order valence-corrected chi connectivity index (χ3v) is 5.76. The fourth-order valence-electron chi connectivity index (χ4n) is 2.78. The predicted molar refractivity (Wildman–Crippen MR) is 96.1 cm³/mol. The average molecular weight is 406 g/mol. The Hall–Kier alpha value is -1.73. The van der Waals surface area contributed by atoms with Crippen LogP contribution in [-0.4, -0.2) is 28.2 Å². The van der Waals surface area contributed by atoms with E-state index in [2.05, 4.69) is 26.2 Å². The van der Waals surface area contributed by atoms with Crippen LogP contribution in [0.25, 0.3) is 0 Å². The Labute approximate surface area is 152 Å². The number of thiazole rings is 1. The number of hydrogen-bond donors (Lipinski definition) is 1. The summed E-state index contributed by atoms with van der Waals surface area (Å²) in [6.07, 6.45) is 2.68. The number of nitrogens with zero attached hydrogens (tertiary/aromatic N) is 2. The molecule has 2 heterocycles. The zero-order valence-electron chi connectivity index (χ0n) is 12.9. The fraction of sp³-hybridized carbons (Fsp3) is 0.353. The predicted octanol–water partition coefficient (Wildman–Crippen LogP) is 3.45. The number of hydrogen-bond acceptors (Lipinski definition) is 4. The van der Waals surface area contributed by atoms with Gasteiger partial charge in [-0.2, -0.15) is 0 Å². The highest BCUT2D eigenvalue weighted by atomic mass is 79.9. The summed E-state index contributed by atoms with van der Waals surface area (Å²) in [7, 11) is 0. The van der Waals surface area contributed by atoms with E-state index >= 15 is 0 Å². The monoisotopic (exact) mass is 405 g/mol. The lowest BCUT2D eigenvalue weighted by Gasteiger charge is -2.26. The van der Waals surface area contributed by atoms with Crippen molar-refractivity contribution in [3.8, 4) is 0 Å². The highest BCUT2D eigenvalue weighted by Gasteiger charge is 2.31. The van der Waals surface area contributed by atoms with Gasteiger partial charge in [0.2, 0.25) is 5.91 Å². The third-order valence-electron chi connectivity index (χ3n) is 4.27. The highest BCUT2D eigenvalue weighted by Crippen LogP contribution is 2.33. The van der Waals surface area contributed by atoms with Gasteiger partial charge in [0.05, 0.1) is 12.2 Å². The first-order valence-corrected chi connectivity index (χ1v) is 9.55. The molecular formula is C17H16BrN3O2S. The summed E-state index contributed by atoms with van der Waals surface area (Å²) in [6, 6.07) is 7.44. The van der Waals surface area contributed by atoms with Gasteiger partial charge in [0, 0.05) is 33.8 Å². The van der Waals surface area contributed by atoms with Crippen LogP contribution in [-0.2, 0) is 17.8 Å². The first-order valence-electron chi connectivity index (χ1n) is 7.94. The van der Waals surface area contributed by atoms with Crippen molar-refractivity contribution in [1.29, 1.82) is 0 Å². The molecule has 1 fully saturated rings. The number of carbonyl (C=O) groups is 2. The molecule has 1 N–H and O–H groups in total. The number of carbonyl (C=O) groups excluding carboxylic acids is 2. The van der Waals surface area contributed by atoms with E-state index in [0.29, 0.717) is 23.8 Å². The number of amides is 2. The first kappa shape index (κ1) is 15.8. The van der Waals surface area contributed by atoms with E-state index in [9.17, 15) is 9.59 Å². The molecular weight excluding hydrogens is 390 g/mol. The minimum atomic E-state index is 0.0268. The van der Waals surface area contributed by atoms with Crippen LogP contribution in [0.2, 0.25) is 0 Å². The molecule has 0 atom stereocenters. The number of anilines is 1. The number of halogens is 1. The Balaban J connectivity index is 1.48. The molecule has 2 aliphatic rings. The van der Waals surface area contributed by atoms with Crippen molar-refractivity contribution in [2.45, 2.75) is 25.8 Å². The molecule has 2 aromatic rings. The Kier molecular flexibility index (Phi) is 4.14. The molecule has 2 amide bonds. The molecule has 0 bridgehead atoms. The standard InChI is InChI=1S/C17H16BrN3O2S/c18-12-3-1-2-11(8-12)16(23)21-7-6-13-14(9-21)24-17(19-13)20-15(22)10-4-5-10/h1-3,8,10H,4-7,9H2,(H,19,20,22). The van der Waals surface area contributed by atoms with Gasteiger partial charge in [-0.1, -0.05) is 33.3 Å². The molecule has 1 aromatic carbocycles. The molecule has 1 saturated carbocycles. The first-order chi connectivity index (χ1) is 11.6.